The first-order valence-electron chi connectivity index (χ1n) is 7.30. The molecular weight excluding hydrogens is 353 g/mol. The van der Waals surface area contributed by atoms with E-state index >= 15 is 0 Å². The Morgan fingerprint density at radius 2 is 1.88 bits per heavy atom. The van der Waals surface area contributed by atoms with Crippen molar-refractivity contribution in [1.29, 1.82) is 0 Å². The van der Waals surface area contributed by atoms with Crippen LogP contribution in [0.2, 0.25) is 0 Å². The smallest absolute Gasteiger partial charge is 0.404 e. The molecule has 2 N–H and O–H groups in total. The number of carbonyl (C=O) groups excluding carboxylic acids is 1. The second kappa shape index (κ2) is 6.82. The SMILES string of the molecule is O=C(NCc1n[nH]c(=O)c2ccccc12)c1ccc(OC(F)(F)F)cn1. The molecule has 134 valence electrons. The Morgan fingerprint density at radius 1 is 1.15 bits per heavy atom. The number of amides is 1. The van der Waals surface area contributed by atoms with Crippen molar-refractivity contribution >= 4 is 16.7 Å². The third-order valence-corrected chi connectivity index (χ3v) is 3.39. The van der Waals surface area contributed by atoms with Crippen LogP contribution < -0.4 is 15.6 Å². The molecule has 0 saturated carbocycles. The number of halogens is 3. The second-order valence-corrected chi connectivity index (χ2v) is 5.15. The Labute approximate surface area is 143 Å². The highest BCUT2D eigenvalue weighted by Crippen LogP contribution is 2.21. The van der Waals surface area contributed by atoms with Crippen LogP contribution in [0, 0.1) is 0 Å². The minimum absolute atomic E-state index is 0.00138. The van der Waals surface area contributed by atoms with Crippen LogP contribution in [-0.2, 0) is 6.54 Å². The average molecular weight is 364 g/mol. The molecule has 2 heterocycles. The van der Waals surface area contributed by atoms with Gasteiger partial charge in [0.1, 0.15) is 11.4 Å². The number of ether oxygens (including phenoxy) is 1. The predicted molar refractivity (Wildman–Crippen MR) is 84.5 cm³/mol. The Morgan fingerprint density at radius 3 is 2.54 bits per heavy atom. The molecule has 26 heavy (non-hydrogen) atoms. The number of nitrogens with one attached hydrogen (secondary N) is 2. The van der Waals surface area contributed by atoms with E-state index in [1.807, 2.05) is 0 Å². The highest BCUT2D eigenvalue weighted by Gasteiger charge is 2.31. The van der Waals surface area contributed by atoms with Crippen molar-refractivity contribution in [2.75, 3.05) is 0 Å². The van der Waals surface area contributed by atoms with Crippen molar-refractivity contribution in [2.24, 2.45) is 0 Å². The van der Waals surface area contributed by atoms with Crippen LogP contribution in [0.15, 0.2) is 47.4 Å². The van der Waals surface area contributed by atoms with Crippen LogP contribution >= 0.6 is 0 Å². The van der Waals surface area contributed by atoms with Gasteiger partial charge >= 0.3 is 6.36 Å². The molecule has 0 aliphatic carbocycles. The maximum absolute atomic E-state index is 12.1. The molecule has 10 heteroatoms. The number of aromatic nitrogens is 3. The summed E-state index contributed by atoms with van der Waals surface area (Å²) in [5.41, 5.74) is -0.00331. The van der Waals surface area contributed by atoms with E-state index in [1.54, 1.807) is 24.3 Å². The minimum Gasteiger partial charge on any atom is -0.404 e. The van der Waals surface area contributed by atoms with Gasteiger partial charge in [-0.2, -0.15) is 5.10 Å². The fourth-order valence-electron chi connectivity index (χ4n) is 2.27. The van der Waals surface area contributed by atoms with Gasteiger partial charge in [0.25, 0.3) is 11.5 Å². The Balaban J connectivity index is 1.72. The number of hydrogen-bond acceptors (Lipinski definition) is 5. The number of carbonyl (C=O) groups is 1. The van der Waals surface area contributed by atoms with Crippen molar-refractivity contribution in [3.05, 3.63) is 64.3 Å². The summed E-state index contributed by atoms with van der Waals surface area (Å²) in [6.07, 6.45) is -4.03. The van der Waals surface area contributed by atoms with E-state index < -0.39 is 18.0 Å². The first-order chi connectivity index (χ1) is 12.3. The number of hydrogen-bond donors (Lipinski definition) is 2. The molecule has 7 nitrogen and oxygen atoms in total. The molecule has 0 spiro atoms. The molecule has 3 rings (SSSR count). The lowest BCUT2D eigenvalue weighted by Crippen LogP contribution is -2.25. The van der Waals surface area contributed by atoms with Gasteiger partial charge in [-0.05, 0) is 18.2 Å². The maximum atomic E-state index is 12.1. The summed E-state index contributed by atoms with van der Waals surface area (Å²) < 4.78 is 40.0. The van der Waals surface area contributed by atoms with Gasteiger partial charge in [0.15, 0.2) is 0 Å². The van der Waals surface area contributed by atoms with Crippen LogP contribution in [0.1, 0.15) is 16.2 Å². The lowest BCUT2D eigenvalue weighted by atomic mass is 10.1. The van der Waals surface area contributed by atoms with Crippen LogP contribution in [0.4, 0.5) is 13.2 Å². The highest BCUT2D eigenvalue weighted by molar-refractivity contribution is 5.92. The fourth-order valence-corrected chi connectivity index (χ4v) is 2.27. The molecular formula is C16H11F3N4O3. The van der Waals surface area contributed by atoms with Crippen molar-refractivity contribution in [2.45, 2.75) is 12.9 Å². The van der Waals surface area contributed by atoms with Crippen LogP contribution in [0.25, 0.3) is 10.8 Å². The Kier molecular flexibility index (Phi) is 4.57. The summed E-state index contributed by atoms with van der Waals surface area (Å²) >= 11 is 0. The van der Waals surface area contributed by atoms with Gasteiger partial charge in [-0.3, -0.25) is 9.59 Å². The lowest BCUT2D eigenvalue weighted by Gasteiger charge is -2.09. The summed E-state index contributed by atoms with van der Waals surface area (Å²) in [6.45, 7) is -0.00138. The minimum atomic E-state index is -4.83. The number of fused-ring (bicyclic) bond motifs is 1. The number of H-pyrrole nitrogens is 1. The van der Waals surface area contributed by atoms with Gasteiger partial charge < -0.3 is 10.1 Å². The quantitative estimate of drug-likeness (QED) is 0.739. The van der Waals surface area contributed by atoms with E-state index in [1.165, 1.54) is 0 Å². The van der Waals surface area contributed by atoms with E-state index in [2.05, 4.69) is 25.2 Å². The Bertz CT molecular complexity index is 1000. The molecule has 0 aliphatic rings. The third-order valence-electron chi connectivity index (χ3n) is 3.39. The number of aromatic amines is 1. The molecule has 0 fully saturated rings. The number of pyridine rings is 1. The molecule has 0 saturated heterocycles. The van der Waals surface area contributed by atoms with Crippen molar-refractivity contribution in [3.8, 4) is 5.75 Å². The molecule has 0 bridgehead atoms. The molecule has 0 unspecified atom stereocenters. The average Bonchev–Trinajstić information content (AvgIpc) is 2.60. The van der Waals surface area contributed by atoms with Crippen molar-refractivity contribution < 1.29 is 22.7 Å². The Hall–Kier alpha value is -3.43. The van der Waals surface area contributed by atoms with Crippen LogP contribution in [0.3, 0.4) is 0 Å². The van der Waals surface area contributed by atoms with Crippen LogP contribution in [0.5, 0.6) is 5.75 Å². The van der Waals surface area contributed by atoms with Crippen LogP contribution in [-0.4, -0.2) is 27.5 Å². The zero-order valence-electron chi connectivity index (χ0n) is 13.0. The standard InChI is InChI=1S/C16H11F3N4O3/c17-16(18,19)26-9-5-6-12(20-7-9)15(25)21-8-13-10-3-1-2-4-11(10)14(24)23-22-13/h1-7H,8H2,(H,21,25)(H,23,24). The van der Waals surface area contributed by atoms with Gasteiger partial charge in [-0.1, -0.05) is 18.2 Å². The summed E-state index contributed by atoms with van der Waals surface area (Å²) in [5.74, 6) is -1.14. The molecule has 1 aromatic carbocycles. The molecule has 0 aliphatic heterocycles. The number of alkyl halides is 3. The molecule has 0 atom stereocenters. The normalized spacial score (nSPS) is 11.3. The largest absolute Gasteiger partial charge is 0.573 e. The maximum Gasteiger partial charge on any atom is 0.573 e. The van der Waals surface area contributed by atoms with Gasteiger partial charge in [0, 0.05) is 5.39 Å². The number of nitrogens with zero attached hydrogens (tertiary/aromatic N) is 2. The second-order valence-electron chi connectivity index (χ2n) is 5.15. The highest BCUT2D eigenvalue weighted by atomic mass is 19.4. The molecule has 3 aromatic rings. The lowest BCUT2D eigenvalue weighted by molar-refractivity contribution is -0.274. The van der Waals surface area contributed by atoms with E-state index in [0.717, 1.165) is 18.3 Å². The zero-order chi connectivity index (χ0) is 18.7. The monoisotopic (exact) mass is 364 g/mol. The van der Waals surface area contributed by atoms with E-state index in [9.17, 15) is 22.8 Å². The van der Waals surface area contributed by atoms with Crippen molar-refractivity contribution in [1.82, 2.24) is 20.5 Å². The summed E-state index contributed by atoms with van der Waals surface area (Å²) in [5, 5.41) is 9.81. The van der Waals surface area contributed by atoms with Gasteiger partial charge in [-0.15, -0.1) is 13.2 Å². The first-order valence-corrected chi connectivity index (χ1v) is 7.30. The first kappa shape index (κ1) is 17.4. The summed E-state index contributed by atoms with van der Waals surface area (Å²) in [7, 11) is 0. The predicted octanol–water partition coefficient (Wildman–Crippen LogP) is 2.15. The number of rotatable bonds is 4. The van der Waals surface area contributed by atoms with Crippen molar-refractivity contribution in [3.63, 3.8) is 0 Å². The molecule has 2 aromatic heterocycles. The molecule has 1 amide bonds. The van der Waals surface area contributed by atoms with Gasteiger partial charge in [0.05, 0.1) is 23.8 Å². The molecule has 0 radical (unpaired) electrons. The van der Waals surface area contributed by atoms with Gasteiger partial charge in [-0.25, -0.2) is 10.1 Å². The zero-order valence-corrected chi connectivity index (χ0v) is 13.0. The third kappa shape index (κ3) is 3.97. The topological polar surface area (TPSA) is 97.0 Å². The number of benzene rings is 1. The summed E-state index contributed by atoms with van der Waals surface area (Å²) in [6, 6.07) is 8.85. The fraction of sp³-hybridized carbons (Fsp3) is 0.125. The van der Waals surface area contributed by atoms with Gasteiger partial charge in [0.2, 0.25) is 0 Å². The van der Waals surface area contributed by atoms with E-state index in [4.69, 9.17) is 0 Å². The van der Waals surface area contributed by atoms with E-state index in [-0.39, 0.29) is 17.8 Å². The van der Waals surface area contributed by atoms with E-state index in [0.29, 0.717) is 16.5 Å². The summed E-state index contributed by atoms with van der Waals surface area (Å²) in [4.78, 5) is 27.4.